The molecule has 0 aliphatic carbocycles. The van der Waals surface area contributed by atoms with Crippen LogP contribution in [0.15, 0.2) is 12.1 Å². The minimum Gasteiger partial charge on any atom is -0.507 e. The summed E-state index contributed by atoms with van der Waals surface area (Å²) in [5.74, 6) is -0.180. The lowest BCUT2D eigenvalue weighted by atomic mass is 9.99. The summed E-state index contributed by atoms with van der Waals surface area (Å²) in [5, 5.41) is 24.4. The first-order valence-electron chi connectivity index (χ1n) is 6.53. The Morgan fingerprint density at radius 1 is 1.50 bits per heavy atom. The van der Waals surface area contributed by atoms with E-state index in [1.54, 1.807) is 6.92 Å². The molecule has 2 N–H and O–H groups in total. The van der Waals surface area contributed by atoms with E-state index in [0.717, 1.165) is 0 Å². The fourth-order valence-electron chi connectivity index (χ4n) is 2.55. The molecule has 1 aliphatic heterocycles. The number of benzene rings is 1. The van der Waals surface area contributed by atoms with Gasteiger partial charge in [0.1, 0.15) is 12.4 Å². The van der Waals surface area contributed by atoms with Gasteiger partial charge < -0.3 is 10.4 Å². The first-order chi connectivity index (χ1) is 9.56. The number of phenols is 1. The number of alkyl halides is 1. The Balaban J connectivity index is 2.46. The van der Waals surface area contributed by atoms with Crippen molar-refractivity contribution in [2.45, 2.75) is 13.0 Å². The van der Waals surface area contributed by atoms with Crippen LogP contribution in [0.25, 0.3) is 0 Å². The van der Waals surface area contributed by atoms with Gasteiger partial charge in [0.15, 0.2) is 0 Å². The van der Waals surface area contributed by atoms with Crippen molar-refractivity contribution in [3.05, 3.63) is 33.4 Å². The molecule has 7 heteroatoms. The second-order valence-corrected chi connectivity index (χ2v) is 4.88. The van der Waals surface area contributed by atoms with Crippen LogP contribution in [-0.4, -0.2) is 47.8 Å². The fourth-order valence-corrected chi connectivity index (χ4v) is 2.55. The van der Waals surface area contributed by atoms with Gasteiger partial charge in [-0.15, -0.1) is 0 Å². The lowest BCUT2D eigenvalue weighted by molar-refractivity contribution is -0.386. The molecule has 1 saturated heterocycles. The molecule has 0 radical (unpaired) electrons. The molecule has 1 heterocycles. The van der Waals surface area contributed by atoms with E-state index in [0.29, 0.717) is 31.7 Å². The molecule has 1 fully saturated rings. The maximum atomic E-state index is 13.5. The zero-order valence-electron chi connectivity index (χ0n) is 11.3. The van der Waals surface area contributed by atoms with E-state index in [4.69, 9.17) is 0 Å². The Bertz CT molecular complexity index is 504. The molecule has 0 spiro atoms. The van der Waals surface area contributed by atoms with Gasteiger partial charge in [0.25, 0.3) is 5.69 Å². The highest BCUT2D eigenvalue weighted by Gasteiger charge is 2.31. The molecule has 110 valence electrons. The van der Waals surface area contributed by atoms with Crippen molar-refractivity contribution in [3.63, 3.8) is 0 Å². The fraction of sp³-hybridized carbons (Fsp3) is 0.538. The van der Waals surface area contributed by atoms with Gasteiger partial charge in [-0.25, -0.2) is 4.39 Å². The van der Waals surface area contributed by atoms with E-state index < -0.39 is 17.6 Å². The van der Waals surface area contributed by atoms with Crippen LogP contribution >= 0.6 is 0 Å². The van der Waals surface area contributed by atoms with E-state index in [1.807, 2.05) is 4.90 Å². The predicted octanol–water partition coefficient (Wildman–Crippen LogP) is 1.52. The first kappa shape index (κ1) is 14.7. The molecule has 0 saturated carbocycles. The zero-order valence-corrected chi connectivity index (χ0v) is 11.3. The van der Waals surface area contributed by atoms with Gasteiger partial charge in [-0.3, -0.25) is 15.0 Å². The minimum atomic E-state index is -0.780. The summed E-state index contributed by atoms with van der Waals surface area (Å²) in [4.78, 5) is 12.4. The second-order valence-electron chi connectivity index (χ2n) is 4.88. The molecule has 0 bridgehead atoms. The molecule has 6 nitrogen and oxygen atoms in total. The number of nitro groups is 1. The van der Waals surface area contributed by atoms with Gasteiger partial charge >= 0.3 is 0 Å². The normalized spacial score (nSPS) is 17.9. The number of aromatic hydroxyl groups is 1. The maximum absolute atomic E-state index is 13.5. The third-order valence-electron chi connectivity index (χ3n) is 3.66. The number of halogens is 1. The molecule has 1 aromatic carbocycles. The third-order valence-corrected chi connectivity index (χ3v) is 3.66. The van der Waals surface area contributed by atoms with Crippen LogP contribution in [0.2, 0.25) is 0 Å². The number of rotatable bonds is 4. The summed E-state index contributed by atoms with van der Waals surface area (Å²) < 4.78 is 13.5. The Hall–Kier alpha value is -1.73. The molecule has 0 aromatic heterocycles. The van der Waals surface area contributed by atoms with Gasteiger partial charge in [0, 0.05) is 32.2 Å². The molecule has 0 amide bonds. The van der Waals surface area contributed by atoms with Crippen molar-refractivity contribution in [2.24, 2.45) is 0 Å². The molecule has 1 aromatic rings. The average molecular weight is 283 g/mol. The minimum absolute atomic E-state index is 0.0828. The number of aryl methyl sites for hydroxylation is 1. The highest BCUT2D eigenvalue weighted by molar-refractivity contribution is 5.54. The van der Waals surface area contributed by atoms with Crippen molar-refractivity contribution in [3.8, 4) is 5.75 Å². The standard InChI is InChI=1S/C13H18FN3O3/c1-9-2-3-10(17(19)20)12(13(9)18)11(8-14)16-6-4-15-5-7-16/h2-3,11,15,18H,4-8H2,1H3/t11-/m1/s1. The van der Waals surface area contributed by atoms with Gasteiger partial charge in [-0.05, 0) is 18.6 Å². The number of nitrogens with zero attached hydrogens (tertiary/aromatic N) is 2. The van der Waals surface area contributed by atoms with Crippen LogP contribution in [0.3, 0.4) is 0 Å². The van der Waals surface area contributed by atoms with Gasteiger partial charge in [0.2, 0.25) is 0 Å². The highest BCUT2D eigenvalue weighted by Crippen LogP contribution is 2.38. The van der Waals surface area contributed by atoms with Crippen molar-refractivity contribution >= 4 is 5.69 Å². The summed E-state index contributed by atoms with van der Waals surface area (Å²) >= 11 is 0. The SMILES string of the molecule is Cc1ccc([N+](=O)[O-])c([C@@H](CF)N2CCNCC2)c1O. The van der Waals surface area contributed by atoms with E-state index in [1.165, 1.54) is 12.1 Å². The van der Waals surface area contributed by atoms with Crippen LogP contribution in [0.1, 0.15) is 17.2 Å². The van der Waals surface area contributed by atoms with Gasteiger partial charge in [-0.2, -0.15) is 0 Å². The molecule has 1 atom stereocenters. The molecule has 0 unspecified atom stereocenters. The summed E-state index contributed by atoms with van der Waals surface area (Å²) in [7, 11) is 0. The lowest BCUT2D eigenvalue weighted by Crippen LogP contribution is -2.45. The van der Waals surface area contributed by atoms with Crippen molar-refractivity contribution < 1.29 is 14.4 Å². The topological polar surface area (TPSA) is 78.6 Å². The monoisotopic (exact) mass is 283 g/mol. The van der Waals surface area contributed by atoms with Crippen molar-refractivity contribution in [1.29, 1.82) is 0 Å². The first-order valence-corrected chi connectivity index (χ1v) is 6.53. The second kappa shape index (κ2) is 6.15. The number of nitro benzene ring substituents is 1. The number of piperazine rings is 1. The Kier molecular flexibility index (Phi) is 4.51. The van der Waals surface area contributed by atoms with Crippen LogP contribution in [0, 0.1) is 17.0 Å². The summed E-state index contributed by atoms with van der Waals surface area (Å²) in [6, 6.07) is 2.02. The van der Waals surface area contributed by atoms with Crippen molar-refractivity contribution in [1.82, 2.24) is 10.2 Å². The number of hydrogen-bond acceptors (Lipinski definition) is 5. The summed E-state index contributed by atoms with van der Waals surface area (Å²) in [5.41, 5.74) is 0.368. The Labute approximate surface area is 116 Å². The van der Waals surface area contributed by atoms with Crippen LogP contribution in [0.4, 0.5) is 10.1 Å². The summed E-state index contributed by atoms with van der Waals surface area (Å²) in [6.07, 6.45) is 0. The molecule has 1 aliphatic rings. The van der Waals surface area contributed by atoms with E-state index in [9.17, 15) is 19.6 Å². The quantitative estimate of drug-likeness (QED) is 0.647. The average Bonchev–Trinajstić information content (AvgIpc) is 2.45. The molecule has 2 rings (SSSR count). The van der Waals surface area contributed by atoms with E-state index in [-0.39, 0.29) is 17.0 Å². The number of hydrogen-bond donors (Lipinski definition) is 2. The largest absolute Gasteiger partial charge is 0.507 e. The highest BCUT2D eigenvalue weighted by atomic mass is 19.1. The van der Waals surface area contributed by atoms with E-state index in [2.05, 4.69) is 5.32 Å². The smallest absolute Gasteiger partial charge is 0.278 e. The summed E-state index contributed by atoms with van der Waals surface area (Å²) in [6.45, 7) is 3.49. The maximum Gasteiger partial charge on any atom is 0.278 e. The van der Waals surface area contributed by atoms with Gasteiger partial charge in [0.05, 0.1) is 16.5 Å². The third kappa shape index (κ3) is 2.73. The molecular formula is C13H18FN3O3. The van der Waals surface area contributed by atoms with E-state index >= 15 is 0 Å². The van der Waals surface area contributed by atoms with Crippen LogP contribution in [0.5, 0.6) is 5.75 Å². The number of phenolic OH excluding ortho intramolecular Hbond substituents is 1. The Morgan fingerprint density at radius 2 is 2.15 bits per heavy atom. The Morgan fingerprint density at radius 3 is 2.70 bits per heavy atom. The molecule has 20 heavy (non-hydrogen) atoms. The van der Waals surface area contributed by atoms with Crippen LogP contribution in [-0.2, 0) is 0 Å². The predicted molar refractivity (Wildman–Crippen MR) is 72.7 cm³/mol. The molecular weight excluding hydrogens is 265 g/mol. The van der Waals surface area contributed by atoms with Crippen LogP contribution < -0.4 is 5.32 Å². The van der Waals surface area contributed by atoms with Gasteiger partial charge in [-0.1, -0.05) is 0 Å². The number of nitrogens with one attached hydrogen (secondary N) is 1. The zero-order chi connectivity index (χ0) is 14.7. The lowest BCUT2D eigenvalue weighted by Gasteiger charge is -2.33. The van der Waals surface area contributed by atoms with Crippen molar-refractivity contribution in [2.75, 3.05) is 32.9 Å².